The summed E-state index contributed by atoms with van der Waals surface area (Å²) in [6.07, 6.45) is 3.51. The predicted molar refractivity (Wildman–Crippen MR) is 78.0 cm³/mol. The van der Waals surface area contributed by atoms with Gasteiger partial charge in [0, 0.05) is 6.04 Å². The van der Waals surface area contributed by atoms with Crippen LogP contribution in [0.1, 0.15) is 22.8 Å². The lowest BCUT2D eigenvalue weighted by Crippen LogP contribution is -2.23. The van der Waals surface area contributed by atoms with Crippen molar-refractivity contribution in [2.24, 2.45) is 5.73 Å². The molecule has 20 heavy (non-hydrogen) atoms. The first-order valence-corrected chi connectivity index (χ1v) is 6.27. The maximum Gasteiger partial charge on any atom is 0.337 e. The van der Waals surface area contributed by atoms with E-state index in [9.17, 15) is 4.79 Å². The molecule has 4 nitrogen and oxygen atoms in total. The van der Waals surface area contributed by atoms with E-state index in [0.717, 1.165) is 5.56 Å². The zero-order chi connectivity index (χ0) is 14.8. The van der Waals surface area contributed by atoms with Crippen LogP contribution in [0, 0.1) is 11.8 Å². The average molecular weight is 273 g/mol. The minimum atomic E-state index is -0.357. The predicted octanol–water partition coefficient (Wildman–Crippen LogP) is 1.90. The first-order valence-electron chi connectivity index (χ1n) is 6.27. The summed E-state index contributed by atoms with van der Waals surface area (Å²) >= 11 is 0. The van der Waals surface area contributed by atoms with Crippen molar-refractivity contribution in [3.05, 3.63) is 47.5 Å². The molecule has 0 amide bonds. The number of esters is 1. The number of hydrogen-bond donors (Lipinski definition) is 1. The number of rotatable bonds is 6. The third-order valence-electron chi connectivity index (χ3n) is 2.50. The highest BCUT2D eigenvalue weighted by Gasteiger charge is 2.05. The van der Waals surface area contributed by atoms with Crippen molar-refractivity contribution in [3.8, 4) is 11.8 Å². The third-order valence-corrected chi connectivity index (χ3v) is 2.50. The highest BCUT2D eigenvalue weighted by atomic mass is 16.5. The zero-order valence-corrected chi connectivity index (χ0v) is 11.8. The van der Waals surface area contributed by atoms with Crippen molar-refractivity contribution in [2.75, 3.05) is 13.7 Å². The summed E-state index contributed by atoms with van der Waals surface area (Å²) in [6, 6.07) is 6.93. The molecular weight excluding hydrogens is 254 g/mol. The highest BCUT2D eigenvalue weighted by Crippen LogP contribution is 2.08. The Labute approximate surface area is 119 Å². The van der Waals surface area contributed by atoms with Crippen molar-refractivity contribution < 1.29 is 14.3 Å². The molecule has 0 heterocycles. The second kappa shape index (κ2) is 8.92. The van der Waals surface area contributed by atoms with Gasteiger partial charge in [-0.3, -0.25) is 0 Å². The van der Waals surface area contributed by atoms with E-state index in [2.05, 4.69) is 16.6 Å². The van der Waals surface area contributed by atoms with Crippen LogP contribution in [0.2, 0.25) is 0 Å². The van der Waals surface area contributed by atoms with E-state index in [1.54, 1.807) is 37.3 Å². The van der Waals surface area contributed by atoms with E-state index in [4.69, 9.17) is 10.5 Å². The summed E-state index contributed by atoms with van der Waals surface area (Å²) in [6.45, 7) is 2.55. The minimum absolute atomic E-state index is 0.195. The van der Waals surface area contributed by atoms with Crippen LogP contribution in [0.4, 0.5) is 0 Å². The molecule has 0 aliphatic rings. The van der Waals surface area contributed by atoms with Crippen molar-refractivity contribution in [1.29, 1.82) is 0 Å². The van der Waals surface area contributed by atoms with Crippen LogP contribution >= 0.6 is 0 Å². The molecule has 0 saturated heterocycles. The Kier molecular flexibility index (Phi) is 7.12. The molecule has 4 heteroatoms. The fourth-order valence-corrected chi connectivity index (χ4v) is 1.53. The standard InChI is InChI=1S/C16H19NO3/c1-3-4-5-9-15(17)12-20-11-13-7-6-8-14(10-13)16(18)19-2/h5-10,15H,11-12,17H2,1-2H3. The summed E-state index contributed by atoms with van der Waals surface area (Å²) < 4.78 is 10.2. The van der Waals surface area contributed by atoms with Gasteiger partial charge in [0.2, 0.25) is 0 Å². The van der Waals surface area contributed by atoms with Crippen LogP contribution in [0.3, 0.4) is 0 Å². The van der Waals surface area contributed by atoms with Gasteiger partial charge in [-0.2, -0.15) is 0 Å². The molecule has 106 valence electrons. The number of hydrogen-bond acceptors (Lipinski definition) is 4. The number of benzene rings is 1. The van der Waals surface area contributed by atoms with Crippen molar-refractivity contribution in [2.45, 2.75) is 19.6 Å². The largest absolute Gasteiger partial charge is 0.465 e. The van der Waals surface area contributed by atoms with Gasteiger partial charge in [-0.1, -0.05) is 24.1 Å². The SMILES string of the molecule is CC#CC=CC(N)COCc1cccc(C(=O)OC)c1. The summed E-state index contributed by atoms with van der Waals surface area (Å²) in [4.78, 5) is 11.4. The van der Waals surface area contributed by atoms with Crippen LogP contribution in [-0.2, 0) is 16.1 Å². The fourth-order valence-electron chi connectivity index (χ4n) is 1.53. The maximum atomic E-state index is 11.4. The Morgan fingerprint density at radius 1 is 1.50 bits per heavy atom. The molecular formula is C16H19NO3. The van der Waals surface area contributed by atoms with Crippen molar-refractivity contribution in [1.82, 2.24) is 0 Å². The summed E-state index contributed by atoms with van der Waals surface area (Å²) in [5.41, 5.74) is 7.24. The molecule has 2 N–H and O–H groups in total. The molecule has 0 aromatic heterocycles. The van der Waals surface area contributed by atoms with Gasteiger partial charge >= 0.3 is 5.97 Å². The van der Waals surface area contributed by atoms with Crippen LogP contribution in [0.5, 0.6) is 0 Å². The van der Waals surface area contributed by atoms with E-state index in [1.807, 2.05) is 6.07 Å². The number of allylic oxidation sites excluding steroid dienone is 1. The summed E-state index contributed by atoms with van der Waals surface area (Å²) in [7, 11) is 1.36. The maximum absolute atomic E-state index is 11.4. The van der Waals surface area contributed by atoms with Gasteiger partial charge < -0.3 is 15.2 Å². The molecule has 0 aliphatic heterocycles. The number of carbonyl (C=O) groups excluding carboxylic acids is 1. The van der Waals surface area contributed by atoms with Crippen molar-refractivity contribution in [3.63, 3.8) is 0 Å². The second-order valence-corrected chi connectivity index (χ2v) is 4.12. The molecule has 1 aromatic carbocycles. The molecule has 1 rings (SSSR count). The Bertz CT molecular complexity index is 526. The Balaban J connectivity index is 2.45. The average Bonchev–Trinajstić information content (AvgIpc) is 2.47. The smallest absolute Gasteiger partial charge is 0.337 e. The first kappa shape index (κ1) is 16.0. The molecule has 1 aromatic rings. The molecule has 0 bridgehead atoms. The van der Waals surface area contributed by atoms with E-state index in [0.29, 0.717) is 18.8 Å². The molecule has 0 aliphatic carbocycles. The lowest BCUT2D eigenvalue weighted by atomic mass is 10.1. The molecule has 0 saturated carbocycles. The Hall–Kier alpha value is -2.09. The molecule has 1 atom stereocenters. The van der Waals surface area contributed by atoms with E-state index in [-0.39, 0.29) is 12.0 Å². The van der Waals surface area contributed by atoms with Crippen molar-refractivity contribution >= 4 is 5.97 Å². The first-order chi connectivity index (χ1) is 9.67. The van der Waals surface area contributed by atoms with Crippen LogP contribution in [0.25, 0.3) is 0 Å². The zero-order valence-electron chi connectivity index (χ0n) is 11.8. The number of ether oxygens (including phenoxy) is 2. The summed E-state index contributed by atoms with van der Waals surface area (Å²) in [5, 5.41) is 0. The van der Waals surface area contributed by atoms with Gasteiger partial charge in [0.15, 0.2) is 0 Å². The van der Waals surface area contributed by atoms with Crippen LogP contribution < -0.4 is 5.73 Å². The molecule has 0 fully saturated rings. The quantitative estimate of drug-likeness (QED) is 0.635. The minimum Gasteiger partial charge on any atom is -0.465 e. The van der Waals surface area contributed by atoms with Gasteiger partial charge in [0.05, 0.1) is 25.9 Å². The van der Waals surface area contributed by atoms with E-state index < -0.39 is 0 Å². The topological polar surface area (TPSA) is 61.5 Å². The van der Waals surface area contributed by atoms with E-state index in [1.165, 1.54) is 7.11 Å². The highest BCUT2D eigenvalue weighted by molar-refractivity contribution is 5.89. The van der Waals surface area contributed by atoms with Gasteiger partial charge in [-0.15, -0.1) is 5.92 Å². The number of methoxy groups -OCH3 is 1. The Morgan fingerprint density at radius 2 is 2.30 bits per heavy atom. The van der Waals surface area contributed by atoms with Gasteiger partial charge in [0.1, 0.15) is 0 Å². The van der Waals surface area contributed by atoms with Gasteiger partial charge in [-0.05, 0) is 30.7 Å². The number of carbonyl (C=O) groups is 1. The fraction of sp³-hybridized carbons (Fsp3) is 0.312. The third kappa shape index (κ3) is 5.70. The Morgan fingerprint density at radius 3 is 3.00 bits per heavy atom. The molecule has 0 radical (unpaired) electrons. The lowest BCUT2D eigenvalue weighted by molar-refractivity contribution is 0.0600. The van der Waals surface area contributed by atoms with Crippen LogP contribution in [-0.4, -0.2) is 25.7 Å². The molecule has 0 spiro atoms. The van der Waals surface area contributed by atoms with Crippen LogP contribution in [0.15, 0.2) is 36.4 Å². The summed E-state index contributed by atoms with van der Waals surface area (Å²) in [5.74, 6) is 5.19. The lowest BCUT2D eigenvalue weighted by Gasteiger charge is -2.08. The number of nitrogens with two attached hydrogens (primary N) is 1. The normalized spacial score (nSPS) is 11.8. The van der Waals surface area contributed by atoms with Gasteiger partial charge in [-0.25, -0.2) is 4.79 Å². The second-order valence-electron chi connectivity index (χ2n) is 4.12. The molecule has 1 unspecified atom stereocenters. The monoisotopic (exact) mass is 273 g/mol. The van der Waals surface area contributed by atoms with E-state index >= 15 is 0 Å². The van der Waals surface area contributed by atoms with Gasteiger partial charge in [0.25, 0.3) is 0 Å².